The lowest BCUT2D eigenvalue weighted by Gasteiger charge is -2.10. The van der Waals surface area contributed by atoms with Gasteiger partial charge in [-0.05, 0) is 38.6 Å². The Kier molecular flexibility index (Phi) is 22.7. The molecule has 3 N–H and O–H groups in total. The minimum atomic E-state index is -0.975. The quantitative estimate of drug-likeness (QED) is 0.130. The van der Waals surface area contributed by atoms with Gasteiger partial charge in [0.2, 0.25) is 0 Å². The molecule has 1 atom stereocenters. The van der Waals surface area contributed by atoms with Gasteiger partial charge in [-0.1, -0.05) is 103 Å². The lowest BCUT2D eigenvalue weighted by Crippen LogP contribution is -2.40. The van der Waals surface area contributed by atoms with Gasteiger partial charge in [0, 0.05) is 0 Å². The molecule has 0 saturated heterocycles. The van der Waals surface area contributed by atoms with Crippen LogP contribution in [0.15, 0.2) is 12.2 Å². The van der Waals surface area contributed by atoms with Crippen LogP contribution in [0.25, 0.3) is 0 Å². The molecule has 4 nitrogen and oxygen atoms in total. The molecule has 0 saturated carbocycles. The molecule has 0 aliphatic carbocycles. The van der Waals surface area contributed by atoms with E-state index >= 15 is 0 Å². The third kappa shape index (κ3) is 21.7. The highest BCUT2D eigenvalue weighted by molar-refractivity contribution is 5.73. The predicted octanol–water partition coefficient (Wildman–Crippen LogP) is 6.62. The van der Waals surface area contributed by atoms with Crippen LogP contribution in [-0.4, -0.2) is 35.4 Å². The Hall–Kier alpha value is -0.870. The van der Waals surface area contributed by atoms with Crippen LogP contribution in [0.2, 0.25) is 0 Å². The van der Waals surface area contributed by atoms with Gasteiger partial charge in [-0.3, -0.25) is 4.79 Å². The van der Waals surface area contributed by atoms with Crippen LogP contribution in [0.5, 0.6) is 0 Å². The minimum absolute atomic E-state index is 0.342. The Bertz CT molecular complexity index is 371. The molecule has 29 heavy (non-hydrogen) atoms. The molecule has 0 rings (SSSR count). The van der Waals surface area contributed by atoms with Crippen LogP contribution in [0.4, 0.5) is 0 Å². The average Bonchev–Trinajstić information content (AvgIpc) is 2.71. The first-order valence-electron chi connectivity index (χ1n) is 12.4. The Balaban J connectivity index is 3.16. The fourth-order valence-corrected chi connectivity index (χ4v) is 3.59. The van der Waals surface area contributed by atoms with Crippen molar-refractivity contribution in [2.75, 3.05) is 13.2 Å². The maximum absolute atomic E-state index is 10.7. The molecule has 0 heterocycles. The van der Waals surface area contributed by atoms with Crippen molar-refractivity contribution in [2.45, 2.75) is 129 Å². The number of aliphatic hydroxyl groups excluding tert-OH is 1. The van der Waals surface area contributed by atoms with Gasteiger partial charge in [0.15, 0.2) is 0 Å². The number of aliphatic hydroxyl groups is 1. The summed E-state index contributed by atoms with van der Waals surface area (Å²) in [5.41, 5.74) is 0. The summed E-state index contributed by atoms with van der Waals surface area (Å²) in [5.74, 6) is -0.975. The largest absolute Gasteiger partial charge is 0.480 e. The summed E-state index contributed by atoms with van der Waals surface area (Å²) in [6.07, 6.45) is 28.3. The number of aliphatic carboxylic acids is 1. The van der Waals surface area contributed by atoms with Crippen molar-refractivity contribution in [1.29, 1.82) is 0 Å². The van der Waals surface area contributed by atoms with Gasteiger partial charge >= 0.3 is 5.97 Å². The smallest absolute Gasteiger partial charge is 0.323 e. The maximum Gasteiger partial charge on any atom is 0.323 e. The Morgan fingerprint density at radius 1 is 0.724 bits per heavy atom. The van der Waals surface area contributed by atoms with Crippen molar-refractivity contribution in [3.8, 4) is 0 Å². The van der Waals surface area contributed by atoms with E-state index in [0.29, 0.717) is 6.54 Å². The summed E-state index contributed by atoms with van der Waals surface area (Å²) in [6.45, 7) is 2.60. The van der Waals surface area contributed by atoms with Crippen LogP contribution in [0.1, 0.15) is 122 Å². The zero-order chi connectivity index (χ0) is 21.4. The van der Waals surface area contributed by atoms with Gasteiger partial charge in [-0.15, -0.1) is 0 Å². The van der Waals surface area contributed by atoms with E-state index in [1.165, 1.54) is 103 Å². The standard InChI is InChI=1S/C25H49NO3/c1-2-3-4-5-6-7-8-9-10-11-12-13-14-15-16-17-18-19-20-21-22-26-24(23-27)25(28)29/h9-10,24,26-27H,2-8,11-23H2,1H3,(H,28,29)/b10-9-. The summed E-state index contributed by atoms with van der Waals surface area (Å²) in [5, 5.41) is 20.6. The number of rotatable bonds is 23. The molecule has 0 radical (unpaired) electrons. The summed E-state index contributed by atoms with van der Waals surface area (Å²) < 4.78 is 0. The van der Waals surface area contributed by atoms with Gasteiger partial charge < -0.3 is 15.5 Å². The van der Waals surface area contributed by atoms with Crippen LogP contribution >= 0.6 is 0 Å². The number of carbonyl (C=O) groups is 1. The zero-order valence-corrected chi connectivity index (χ0v) is 19.2. The Labute approximate surface area is 180 Å². The van der Waals surface area contributed by atoms with Crippen LogP contribution in [0, 0.1) is 0 Å². The second kappa shape index (κ2) is 23.4. The minimum Gasteiger partial charge on any atom is -0.480 e. The van der Waals surface area contributed by atoms with Gasteiger partial charge in [-0.2, -0.15) is 0 Å². The number of carboxylic acid groups (broad SMARTS) is 1. The molecule has 4 heteroatoms. The SMILES string of the molecule is CCCCCCCC/C=C\CCCCCCCCCCCCNC(CO)C(=O)O. The molecule has 0 aromatic rings. The number of hydrogen-bond acceptors (Lipinski definition) is 3. The first-order chi connectivity index (χ1) is 14.2. The second-order valence-electron chi connectivity index (χ2n) is 8.38. The van der Waals surface area contributed by atoms with E-state index in [1.54, 1.807) is 0 Å². The molecular formula is C25H49NO3. The fourth-order valence-electron chi connectivity index (χ4n) is 3.59. The third-order valence-electron chi connectivity index (χ3n) is 5.56. The summed E-state index contributed by atoms with van der Waals surface area (Å²) in [7, 11) is 0. The molecule has 0 aliphatic rings. The van der Waals surface area contributed by atoms with Crippen molar-refractivity contribution < 1.29 is 15.0 Å². The molecule has 0 fully saturated rings. The Morgan fingerprint density at radius 3 is 1.55 bits per heavy atom. The molecule has 0 amide bonds. The van der Waals surface area contributed by atoms with Crippen molar-refractivity contribution in [2.24, 2.45) is 0 Å². The topological polar surface area (TPSA) is 69.6 Å². The second-order valence-corrected chi connectivity index (χ2v) is 8.38. The molecule has 1 unspecified atom stereocenters. The molecule has 0 spiro atoms. The first kappa shape index (κ1) is 28.1. The van der Waals surface area contributed by atoms with Crippen LogP contribution in [0.3, 0.4) is 0 Å². The van der Waals surface area contributed by atoms with E-state index in [4.69, 9.17) is 10.2 Å². The Morgan fingerprint density at radius 2 is 1.14 bits per heavy atom. The van der Waals surface area contributed by atoms with Crippen molar-refractivity contribution in [1.82, 2.24) is 5.32 Å². The van der Waals surface area contributed by atoms with E-state index in [0.717, 1.165) is 12.8 Å². The molecule has 0 bridgehead atoms. The fraction of sp³-hybridized carbons (Fsp3) is 0.880. The number of unbranched alkanes of at least 4 members (excludes halogenated alkanes) is 16. The lowest BCUT2D eigenvalue weighted by atomic mass is 10.1. The first-order valence-corrected chi connectivity index (χ1v) is 12.4. The third-order valence-corrected chi connectivity index (χ3v) is 5.56. The van der Waals surface area contributed by atoms with E-state index in [9.17, 15) is 4.79 Å². The summed E-state index contributed by atoms with van der Waals surface area (Å²) >= 11 is 0. The number of allylic oxidation sites excluding steroid dienone is 2. The van der Waals surface area contributed by atoms with E-state index in [1.807, 2.05) is 0 Å². The van der Waals surface area contributed by atoms with Gasteiger partial charge in [-0.25, -0.2) is 0 Å². The number of nitrogens with one attached hydrogen (secondary N) is 1. The van der Waals surface area contributed by atoms with Crippen molar-refractivity contribution >= 4 is 5.97 Å². The maximum atomic E-state index is 10.7. The van der Waals surface area contributed by atoms with E-state index < -0.39 is 12.0 Å². The van der Waals surface area contributed by atoms with Gasteiger partial charge in [0.25, 0.3) is 0 Å². The average molecular weight is 412 g/mol. The van der Waals surface area contributed by atoms with Crippen LogP contribution < -0.4 is 5.32 Å². The van der Waals surface area contributed by atoms with Crippen molar-refractivity contribution in [3.05, 3.63) is 12.2 Å². The zero-order valence-electron chi connectivity index (χ0n) is 19.2. The molecule has 172 valence electrons. The number of hydrogen-bond donors (Lipinski definition) is 3. The van der Waals surface area contributed by atoms with Gasteiger partial charge in [0.05, 0.1) is 6.61 Å². The normalized spacial score (nSPS) is 12.6. The number of carboxylic acids is 1. The molecular weight excluding hydrogens is 362 g/mol. The van der Waals surface area contributed by atoms with E-state index in [-0.39, 0.29) is 6.61 Å². The predicted molar refractivity (Wildman–Crippen MR) is 124 cm³/mol. The summed E-state index contributed by atoms with van der Waals surface area (Å²) in [6, 6.07) is -0.814. The highest BCUT2D eigenvalue weighted by Crippen LogP contribution is 2.12. The molecule has 0 aromatic heterocycles. The van der Waals surface area contributed by atoms with Crippen LogP contribution in [-0.2, 0) is 4.79 Å². The lowest BCUT2D eigenvalue weighted by molar-refractivity contribution is -0.140. The highest BCUT2D eigenvalue weighted by Gasteiger charge is 2.13. The monoisotopic (exact) mass is 411 g/mol. The molecule has 0 aromatic carbocycles. The van der Waals surface area contributed by atoms with E-state index in [2.05, 4.69) is 24.4 Å². The van der Waals surface area contributed by atoms with Crippen molar-refractivity contribution in [3.63, 3.8) is 0 Å². The van der Waals surface area contributed by atoms with Gasteiger partial charge in [0.1, 0.15) is 6.04 Å². The molecule has 0 aliphatic heterocycles. The summed E-state index contributed by atoms with van der Waals surface area (Å²) in [4.78, 5) is 10.7. The highest BCUT2D eigenvalue weighted by atomic mass is 16.4.